The number of furan rings is 1. The number of carbonyl (C=O) groups excluding carboxylic acids is 1. The normalized spacial score (nSPS) is 12.3. The van der Waals surface area contributed by atoms with Gasteiger partial charge in [-0.3, -0.25) is 4.79 Å². The van der Waals surface area contributed by atoms with E-state index in [0.717, 1.165) is 18.6 Å². The summed E-state index contributed by atoms with van der Waals surface area (Å²) in [5.41, 5.74) is 3.69. The van der Waals surface area contributed by atoms with Gasteiger partial charge in [-0.15, -0.1) is 0 Å². The lowest BCUT2D eigenvalue weighted by molar-refractivity contribution is -0.123. The first-order valence-electron chi connectivity index (χ1n) is 8.19. The predicted octanol–water partition coefficient (Wildman–Crippen LogP) is 4.02. The average Bonchev–Trinajstić information content (AvgIpc) is 2.99. The first kappa shape index (κ1) is 17.8. The zero-order valence-corrected chi connectivity index (χ0v) is 14.4. The van der Waals surface area contributed by atoms with Gasteiger partial charge in [0.15, 0.2) is 6.61 Å². The quantitative estimate of drug-likeness (QED) is 0.588. The fraction of sp³-hybridized carbons (Fsp3) is 0.368. The van der Waals surface area contributed by atoms with E-state index in [9.17, 15) is 4.79 Å². The maximum atomic E-state index is 11.7. The zero-order chi connectivity index (χ0) is 17.4. The van der Waals surface area contributed by atoms with Crippen molar-refractivity contribution in [3.8, 4) is 5.75 Å². The van der Waals surface area contributed by atoms with E-state index in [1.165, 1.54) is 11.8 Å². The summed E-state index contributed by atoms with van der Waals surface area (Å²) in [6.45, 7) is 6.16. The van der Waals surface area contributed by atoms with Crippen molar-refractivity contribution in [3.05, 3.63) is 53.5 Å². The first-order chi connectivity index (χ1) is 11.6. The Morgan fingerprint density at radius 2 is 2.04 bits per heavy atom. The van der Waals surface area contributed by atoms with Crippen LogP contribution in [0.4, 0.5) is 0 Å². The van der Waals surface area contributed by atoms with Gasteiger partial charge in [0.1, 0.15) is 17.3 Å². The highest BCUT2D eigenvalue weighted by Gasteiger charge is 2.05. The van der Waals surface area contributed by atoms with E-state index in [1.54, 1.807) is 6.07 Å². The lowest BCUT2D eigenvalue weighted by atomic mass is 9.97. The van der Waals surface area contributed by atoms with Gasteiger partial charge in [0.25, 0.3) is 5.91 Å². The van der Waals surface area contributed by atoms with Crippen molar-refractivity contribution in [1.82, 2.24) is 5.43 Å². The van der Waals surface area contributed by atoms with Crippen molar-refractivity contribution in [3.63, 3.8) is 0 Å². The molecular formula is C19H24N2O3. The molecule has 0 saturated carbocycles. The van der Waals surface area contributed by atoms with Crippen LogP contribution in [0.15, 0.2) is 45.9 Å². The van der Waals surface area contributed by atoms with Crippen molar-refractivity contribution < 1.29 is 13.9 Å². The molecule has 0 aliphatic heterocycles. The Labute approximate surface area is 142 Å². The molecule has 1 N–H and O–H groups in total. The van der Waals surface area contributed by atoms with Crippen LogP contribution < -0.4 is 10.2 Å². The highest BCUT2D eigenvalue weighted by atomic mass is 16.5. The molecule has 2 aromatic rings. The molecule has 1 heterocycles. The van der Waals surface area contributed by atoms with E-state index in [1.807, 2.05) is 37.3 Å². The molecule has 128 valence electrons. The van der Waals surface area contributed by atoms with Gasteiger partial charge >= 0.3 is 0 Å². The Balaban J connectivity index is 1.76. The van der Waals surface area contributed by atoms with E-state index in [0.29, 0.717) is 17.4 Å². The predicted molar refractivity (Wildman–Crippen MR) is 94.4 cm³/mol. The minimum Gasteiger partial charge on any atom is -0.484 e. The van der Waals surface area contributed by atoms with E-state index < -0.39 is 0 Å². The Hall–Kier alpha value is -2.56. The molecule has 1 aromatic carbocycles. The molecule has 1 aromatic heterocycles. The van der Waals surface area contributed by atoms with Gasteiger partial charge in [0.05, 0.1) is 6.21 Å². The van der Waals surface area contributed by atoms with Crippen LogP contribution in [-0.2, 0) is 4.79 Å². The third kappa shape index (κ3) is 5.57. The summed E-state index contributed by atoms with van der Waals surface area (Å²) < 4.78 is 10.8. The fourth-order valence-corrected chi connectivity index (χ4v) is 2.36. The Kier molecular flexibility index (Phi) is 6.61. The molecule has 2 rings (SSSR count). The fourth-order valence-electron chi connectivity index (χ4n) is 2.36. The molecule has 0 fully saturated rings. The SMILES string of the molecule is CCC[C@H](C)c1ccc(OCC(=O)N/N=C\c2ccc(C)o2)cc1. The number of hydrogen-bond acceptors (Lipinski definition) is 4. The molecule has 0 spiro atoms. The standard InChI is InChI=1S/C19H24N2O3/c1-4-5-14(2)16-7-10-17(11-8-16)23-13-19(22)21-20-12-18-9-6-15(3)24-18/h6-12,14H,4-5,13H2,1-3H3,(H,21,22)/b20-12-/t14-/m0/s1. The van der Waals surface area contributed by atoms with E-state index in [-0.39, 0.29) is 12.5 Å². The number of nitrogens with one attached hydrogen (secondary N) is 1. The third-order valence-corrected chi connectivity index (χ3v) is 3.68. The van der Waals surface area contributed by atoms with Crippen LogP contribution >= 0.6 is 0 Å². The molecule has 0 bridgehead atoms. The molecule has 0 aliphatic carbocycles. The summed E-state index contributed by atoms with van der Waals surface area (Å²) in [6, 6.07) is 11.5. The number of carbonyl (C=O) groups is 1. The van der Waals surface area contributed by atoms with Crippen LogP contribution in [0.1, 0.15) is 49.7 Å². The van der Waals surface area contributed by atoms with Gasteiger partial charge in [0, 0.05) is 0 Å². The number of rotatable bonds is 8. The second-order valence-electron chi connectivity index (χ2n) is 5.79. The summed E-state index contributed by atoms with van der Waals surface area (Å²) in [5.74, 6) is 2.27. The van der Waals surface area contributed by atoms with Crippen molar-refractivity contribution in [2.45, 2.75) is 39.5 Å². The van der Waals surface area contributed by atoms with Crippen molar-refractivity contribution in [1.29, 1.82) is 0 Å². The summed E-state index contributed by atoms with van der Waals surface area (Å²) >= 11 is 0. The van der Waals surface area contributed by atoms with Gasteiger partial charge in [0.2, 0.25) is 0 Å². The van der Waals surface area contributed by atoms with Crippen LogP contribution in [0, 0.1) is 6.92 Å². The molecule has 5 nitrogen and oxygen atoms in total. The molecule has 1 atom stereocenters. The molecule has 5 heteroatoms. The number of hydrogen-bond donors (Lipinski definition) is 1. The van der Waals surface area contributed by atoms with Crippen LogP contribution in [0.25, 0.3) is 0 Å². The highest BCUT2D eigenvalue weighted by Crippen LogP contribution is 2.22. The minimum absolute atomic E-state index is 0.0849. The summed E-state index contributed by atoms with van der Waals surface area (Å²) in [7, 11) is 0. The van der Waals surface area contributed by atoms with Crippen molar-refractivity contribution >= 4 is 12.1 Å². The number of hydrazone groups is 1. The van der Waals surface area contributed by atoms with Crippen LogP contribution in [0.2, 0.25) is 0 Å². The number of aryl methyl sites for hydroxylation is 1. The molecule has 0 saturated heterocycles. The molecule has 24 heavy (non-hydrogen) atoms. The smallest absolute Gasteiger partial charge is 0.277 e. The zero-order valence-electron chi connectivity index (χ0n) is 14.4. The van der Waals surface area contributed by atoms with E-state index >= 15 is 0 Å². The van der Waals surface area contributed by atoms with Crippen molar-refractivity contribution in [2.24, 2.45) is 5.10 Å². The molecule has 0 radical (unpaired) electrons. The van der Waals surface area contributed by atoms with Crippen LogP contribution in [-0.4, -0.2) is 18.7 Å². The summed E-state index contributed by atoms with van der Waals surface area (Å²) in [5, 5.41) is 3.83. The topological polar surface area (TPSA) is 63.8 Å². The van der Waals surface area contributed by atoms with E-state index in [2.05, 4.69) is 24.4 Å². The van der Waals surface area contributed by atoms with E-state index in [4.69, 9.17) is 9.15 Å². The van der Waals surface area contributed by atoms with Crippen molar-refractivity contribution in [2.75, 3.05) is 6.61 Å². The Morgan fingerprint density at radius 3 is 2.67 bits per heavy atom. The number of benzene rings is 1. The first-order valence-corrected chi connectivity index (χ1v) is 8.19. The molecule has 0 aliphatic rings. The Bertz CT molecular complexity index is 674. The van der Waals surface area contributed by atoms with Crippen LogP contribution in [0.3, 0.4) is 0 Å². The van der Waals surface area contributed by atoms with Gasteiger partial charge in [-0.25, -0.2) is 5.43 Å². The van der Waals surface area contributed by atoms with Gasteiger partial charge in [-0.1, -0.05) is 32.4 Å². The summed E-state index contributed by atoms with van der Waals surface area (Å²) in [6.07, 6.45) is 3.78. The van der Waals surface area contributed by atoms with Gasteiger partial charge < -0.3 is 9.15 Å². The lowest BCUT2D eigenvalue weighted by Crippen LogP contribution is -2.24. The summed E-state index contributed by atoms with van der Waals surface area (Å²) in [4.78, 5) is 11.7. The third-order valence-electron chi connectivity index (χ3n) is 3.68. The Morgan fingerprint density at radius 1 is 1.29 bits per heavy atom. The highest BCUT2D eigenvalue weighted by molar-refractivity contribution is 5.81. The van der Waals surface area contributed by atoms with Gasteiger partial charge in [-0.2, -0.15) is 5.10 Å². The van der Waals surface area contributed by atoms with Gasteiger partial charge in [-0.05, 0) is 49.1 Å². The monoisotopic (exact) mass is 328 g/mol. The largest absolute Gasteiger partial charge is 0.484 e. The van der Waals surface area contributed by atoms with Crippen LogP contribution in [0.5, 0.6) is 5.75 Å². The molecular weight excluding hydrogens is 304 g/mol. The maximum absolute atomic E-state index is 11.7. The second kappa shape index (κ2) is 8.91. The second-order valence-corrected chi connectivity index (χ2v) is 5.79. The minimum atomic E-state index is -0.321. The average molecular weight is 328 g/mol. The maximum Gasteiger partial charge on any atom is 0.277 e. The molecule has 1 amide bonds. The number of nitrogens with zero attached hydrogens (tertiary/aromatic N) is 1. The lowest BCUT2D eigenvalue weighted by Gasteiger charge is -2.11. The molecule has 0 unspecified atom stereocenters. The number of amides is 1. The number of ether oxygens (including phenoxy) is 1.